The van der Waals surface area contributed by atoms with Crippen molar-refractivity contribution in [3.05, 3.63) is 29.3 Å². The highest BCUT2D eigenvalue weighted by atomic mass is 32.2. The van der Waals surface area contributed by atoms with Gasteiger partial charge in [0.15, 0.2) is 9.84 Å². The zero-order valence-electron chi connectivity index (χ0n) is 11.2. The largest absolute Gasteiger partial charge is 0.309 e. The second-order valence-corrected chi connectivity index (χ2v) is 7.10. The molecular weight excluding hydrogens is 246 g/mol. The van der Waals surface area contributed by atoms with Gasteiger partial charge < -0.3 is 5.32 Å². The standard InChI is InChI=1S/C14H21NO2S/c1-4-8-15-14-11-9-10(3)6-7-13(11)18(16,17)12(14)5-2/h6-7,9,12,14-15H,4-5,8H2,1-3H3. The second kappa shape index (κ2) is 5.02. The number of rotatable bonds is 4. The summed E-state index contributed by atoms with van der Waals surface area (Å²) in [6, 6.07) is 5.60. The molecule has 0 bridgehead atoms. The van der Waals surface area contributed by atoms with Crippen LogP contribution in [-0.2, 0) is 9.84 Å². The van der Waals surface area contributed by atoms with Gasteiger partial charge in [-0.15, -0.1) is 0 Å². The Hall–Kier alpha value is -0.870. The second-order valence-electron chi connectivity index (χ2n) is 4.96. The van der Waals surface area contributed by atoms with Crippen molar-refractivity contribution in [1.29, 1.82) is 0 Å². The summed E-state index contributed by atoms with van der Waals surface area (Å²) in [4.78, 5) is 0.522. The van der Waals surface area contributed by atoms with Crippen LogP contribution >= 0.6 is 0 Å². The fourth-order valence-electron chi connectivity index (χ4n) is 2.71. The number of hydrogen-bond donors (Lipinski definition) is 1. The molecule has 3 nitrogen and oxygen atoms in total. The quantitative estimate of drug-likeness (QED) is 0.912. The van der Waals surface area contributed by atoms with E-state index >= 15 is 0 Å². The van der Waals surface area contributed by atoms with Gasteiger partial charge in [0.2, 0.25) is 0 Å². The molecule has 0 spiro atoms. The zero-order chi connectivity index (χ0) is 13.3. The van der Waals surface area contributed by atoms with Gasteiger partial charge in [-0.3, -0.25) is 0 Å². The summed E-state index contributed by atoms with van der Waals surface area (Å²) >= 11 is 0. The third-order valence-electron chi connectivity index (χ3n) is 3.59. The maximum Gasteiger partial charge on any atom is 0.183 e. The van der Waals surface area contributed by atoms with Crippen LogP contribution in [0, 0.1) is 6.92 Å². The van der Waals surface area contributed by atoms with E-state index < -0.39 is 9.84 Å². The number of sulfone groups is 1. The first-order valence-electron chi connectivity index (χ1n) is 6.60. The fourth-order valence-corrected chi connectivity index (χ4v) is 4.85. The summed E-state index contributed by atoms with van der Waals surface area (Å²) in [5.74, 6) is 0. The summed E-state index contributed by atoms with van der Waals surface area (Å²) in [5, 5.41) is 3.07. The first kappa shape index (κ1) is 13.6. The van der Waals surface area contributed by atoms with E-state index in [0.717, 1.165) is 24.1 Å². The molecule has 0 amide bonds. The van der Waals surface area contributed by atoms with Crippen molar-refractivity contribution in [3.8, 4) is 0 Å². The van der Waals surface area contributed by atoms with Gasteiger partial charge in [0, 0.05) is 0 Å². The number of hydrogen-bond acceptors (Lipinski definition) is 3. The molecule has 0 aliphatic carbocycles. The van der Waals surface area contributed by atoms with E-state index in [1.165, 1.54) is 0 Å². The lowest BCUT2D eigenvalue weighted by Crippen LogP contribution is -2.31. The van der Waals surface area contributed by atoms with Crippen molar-refractivity contribution < 1.29 is 8.42 Å². The molecule has 1 N–H and O–H groups in total. The molecule has 18 heavy (non-hydrogen) atoms. The van der Waals surface area contributed by atoms with Crippen molar-refractivity contribution in [2.45, 2.75) is 49.8 Å². The molecule has 1 aliphatic rings. The fraction of sp³-hybridized carbons (Fsp3) is 0.571. The van der Waals surface area contributed by atoms with Crippen LogP contribution in [0.1, 0.15) is 43.9 Å². The Kier molecular flexibility index (Phi) is 3.78. The van der Waals surface area contributed by atoms with Crippen molar-refractivity contribution in [3.63, 3.8) is 0 Å². The lowest BCUT2D eigenvalue weighted by atomic mass is 10.0. The smallest absolute Gasteiger partial charge is 0.183 e. The SMILES string of the molecule is CCCNC1c2cc(C)ccc2S(=O)(=O)C1CC. The summed E-state index contributed by atoms with van der Waals surface area (Å²) in [7, 11) is -3.16. The maximum atomic E-state index is 12.5. The average Bonchev–Trinajstić information content (AvgIpc) is 2.53. The normalized spacial score (nSPS) is 25.1. The molecule has 1 aliphatic heterocycles. The number of fused-ring (bicyclic) bond motifs is 1. The minimum atomic E-state index is -3.16. The summed E-state index contributed by atoms with van der Waals surface area (Å²) in [6.45, 7) is 6.89. The van der Waals surface area contributed by atoms with Gasteiger partial charge >= 0.3 is 0 Å². The number of benzene rings is 1. The topological polar surface area (TPSA) is 46.2 Å². The van der Waals surface area contributed by atoms with E-state index in [0.29, 0.717) is 11.3 Å². The van der Waals surface area contributed by atoms with E-state index in [4.69, 9.17) is 0 Å². The lowest BCUT2D eigenvalue weighted by Gasteiger charge is -2.19. The number of nitrogens with one attached hydrogen (secondary N) is 1. The molecule has 1 aromatic rings. The molecule has 0 aromatic heterocycles. The van der Waals surface area contributed by atoms with Crippen LogP contribution in [0.15, 0.2) is 23.1 Å². The highest BCUT2D eigenvalue weighted by Crippen LogP contribution is 2.40. The van der Waals surface area contributed by atoms with Crippen molar-refractivity contribution in [2.24, 2.45) is 0 Å². The third kappa shape index (κ3) is 2.08. The zero-order valence-corrected chi connectivity index (χ0v) is 12.0. The first-order valence-corrected chi connectivity index (χ1v) is 8.14. The van der Waals surface area contributed by atoms with Gasteiger partial charge in [-0.25, -0.2) is 8.42 Å². The van der Waals surface area contributed by atoms with Crippen LogP contribution in [0.2, 0.25) is 0 Å². The highest BCUT2D eigenvalue weighted by Gasteiger charge is 2.43. The van der Waals surface area contributed by atoms with Crippen LogP contribution in [-0.4, -0.2) is 20.2 Å². The Morgan fingerprint density at radius 3 is 2.61 bits per heavy atom. The van der Waals surface area contributed by atoms with Gasteiger partial charge in [-0.1, -0.05) is 31.5 Å². The molecule has 2 atom stereocenters. The molecule has 0 saturated carbocycles. The van der Waals surface area contributed by atoms with Gasteiger partial charge in [-0.2, -0.15) is 0 Å². The summed E-state index contributed by atoms with van der Waals surface area (Å²) in [6.07, 6.45) is 1.66. The molecule has 1 aromatic carbocycles. The molecule has 0 saturated heterocycles. The van der Waals surface area contributed by atoms with E-state index in [-0.39, 0.29) is 11.3 Å². The van der Waals surface area contributed by atoms with Crippen molar-refractivity contribution >= 4 is 9.84 Å². The van der Waals surface area contributed by atoms with Gasteiger partial charge in [0.1, 0.15) is 0 Å². The third-order valence-corrected chi connectivity index (χ3v) is 5.98. The molecule has 2 unspecified atom stereocenters. The van der Waals surface area contributed by atoms with Crippen LogP contribution < -0.4 is 5.32 Å². The monoisotopic (exact) mass is 267 g/mol. The Morgan fingerprint density at radius 1 is 1.28 bits per heavy atom. The molecular formula is C14H21NO2S. The van der Waals surface area contributed by atoms with Crippen LogP contribution in [0.25, 0.3) is 0 Å². The van der Waals surface area contributed by atoms with E-state index in [9.17, 15) is 8.42 Å². The maximum absolute atomic E-state index is 12.5. The van der Waals surface area contributed by atoms with Crippen molar-refractivity contribution in [1.82, 2.24) is 5.32 Å². The molecule has 0 fully saturated rings. The van der Waals surface area contributed by atoms with Crippen LogP contribution in [0.4, 0.5) is 0 Å². The molecule has 100 valence electrons. The number of aryl methyl sites for hydroxylation is 1. The van der Waals surface area contributed by atoms with Crippen LogP contribution in [0.5, 0.6) is 0 Å². The average molecular weight is 267 g/mol. The predicted molar refractivity (Wildman–Crippen MR) is 73.5 cm³/mol. The molecule has 1 heterocycles. The summed E-state index contributed by atoms with van der Waals surface area (Å²) in [5.41, 5.74) is 2.07. The Morgan fingerprint density at radius 2 is 2.00 bits per heavy atom. The first-order chi connectivity index (χ1) is 8.52. The Balaban J connectivity index is 2.50. The molecule has 0 radical (unpaired) electrons. The molecule has 2 rings (SSSR count). The Labute approximate surface area is 110 Å². The minimum absolute atomic E-state index is 0.0464. The van der Waals surface area contributed by atoms with Gasteiger partial charge in [0.25, 0.3) is 0 Å². The van der Waals surface area contributed by atoms with Crippen LogP contribution in [0.3, 0.4) is 0 Å². The van der Waals surface area contributed by atoms with E-state index in [1.54, 1.807) is 6.07 Å². The minimum Gasteiger partial charge on any atom is -0.309 e. The Bertz CT molecular complexity index is 537. The van der Waals surface area contributed by atoms with E-state index in [1.807, 2.05) is 26.0 Å². The highest BCUT2D eigenvalue weighted by molar-refractivity contribution is 7.92. The predicted octanol–water partition coefficient (Wildman–Crippen LogP) is 2.60. The van der Waals surface area contributed by atoms with Gasteiger partial charge in [-0.05, 0) is 37.9 Å². The van der Waals surface area contributed by atoms with E-state index in [2.05, 4.69) is 12.2 Å². The molecule has 4 heteroatoms. The lowest BCUT2D eigenvalue weighted by molar-refractivity contribution is 0.492. The van der Waals surface area contributed by atoms with Crippen molar-refractivity contribution in [2.75, 3.05) is 6.54 Å². The van der Waals surface area contributed by atoms with Gasteiger partial charge in [0.05, 0.1) is 16.2 Å². The summed E-state index contributed by atoms with van der Waals surface area (Å²) < 4.78 is 24.9.